The van der Waals surface area contributed by atoms with E-state index >= 15 is 0 Å². The number of carboxylic acid groups (broad SMARTS) is 1. The van der Waals surface area contributed by atoms with Gasteiger partial charge in [-0.2, -0.15) is 0 Å². The van der Waals surface area contributed by atoms with E-state index in [9.17, 15) is 19.5 Å². The van der Waals surface area contributed by atoms with E-state index in [1.807, 2.05) is 30.3 Å². The number of aliphatic carboxylic acids is 1. The van der Waals surface area contributed by atoms with Gasteiger partial charge in [0.1, 0.15) is 17.4 Å². The molecule has 3 rings (SSSR count). The zero-order valence-electron chi connectivity index (χ0n) is 19.4. The fourth-order valence-corrected chi connectivity index (χ4v) is 3.65. The zero-order chi connectivity index (χ0) is 24.4. The Balaban J connectivity index is 1.81. The lowest BCUT2D eigenvalue weighted by Gasteiger charge is -2.30. The monoisotopic (exact) mass is 455 g/mol. The van der Waals surface area contributed by atoms with Crippen LogP contribution < -0.4 is 5.32 Å². The van der Waals surface area contributed by atoms with Crippen LogP contribution in [0.1, 0.15) is 53.2 Å². The molecule has 0 bridgehead atoms. The second-order valence-corrected chi connectivity index (χ2v) is 9.39. The first-order valence-corrected chi connectivity index (χ1v) is 10.8. The second kappa shape index (κ2) is 9.17. The summed E-state index contributed by atoms with van der Waals surface area (Å²) < 4.78 is 5.20. The van der Waals surface area contributed by atoms with Gasteiger partial charge in [-0.05, 0) is 32.2 Å². The Morgan fingerprint density at radius 2 is 1.91 bits per heavy atom. The third-order valence-corrected chi connectivity index (χ3v) is 5.41. The maximum Gasteiger partial charge on any atom is 0.326 e. The molecule has 2 N–H and O–H groups in total. The van der Waals surface area contributed by atoms with Crippen molar-refractivity contribution >= 4 is 34.3 Å². The molecule has 0 saturated carbocycles. The van der Waals surface area contributed by atoms with E-state index in [0.717, 1.165) is 10.8 Å². The minimum atomic E-state index is -1.47. The van der Waals surface area contributed by atoms with Crippen LogP contribution in [-0.4, -0.2) is 50.9 Å². The van der Waals surface area contributed by atoms with Gasteiger partial charge in [-0.1, -0.05) is 43.3 Å². The van der Waals surface area contributed by atoms with Crippen LogP contribution >= 0.6 is 0 Å². The van der Waals surface area contributed by atoms with Crippen molar-refractivity contribution in [2.75, 3.05) is 0 Å². The van der Waals surface area contributed by atoms with Gasteiger partial charge in [-0.3, -0.25) is 14.6 Å². The number of amides is 1. The van der Waals surface area contributed by atoms with Crippen LogP contribution in [0.15, 0.2) is 41.7 Å². The molecule has 1 amide bonds. The van der Waals surface area contributed by atoms with E-state index in [1.54, 1.807) is 40.8 Å². The number of hydrogen-bond donors (Lipinski definition) is 2. The molecular formula is C24H29N3O6. The van der Waals surface area contributed by atoms with Gasteiger partial charge in [0.15, 0.2) is 0 Å². The quantitative estimate of drug-likeness (QED) is 0.614. The number of fused-ring (bicyclic) bond motifs is 1. The Morgan fingerprint density at radius 1 is 1.21 bits per heavy atom. The molecule has 1 aromatic carbocycles. The molecule has 33 heavy (non-hydrogen) atoms. The van der Waals surface area contributed by atoms with E-state index in [1.165, 1.54) is 0 Å². The van der Waals surface area contributed by atoms with Crippen molar-refractivity contribution in [3.05, 3.63) is 42.2 Å². The van der Waals surface area contributed by atoms with Crippen LogP contribution in [0.2, 0.25) is 0 Å². The minimum absolute atomic E-state index is 0.107. The number of benzene rings is 1. The van der Waals surface area contributed by atoms with Gasteiger partial charge in [0.05, 0.1) is 12.1 Å². The average Bonchev–Trinajstić information content (AvgIpc) is 3.18. The summed E-state index contributed by atoms with van der Waals surface area (Å²) in [4.78, 5) is 47.3. The highest BCUT2D eigenvalue weighted by Gasteiger charge is 2.51. The van der Waals surface area contributed by atoms with Crippen molar-refractivity contribution in [2.45, 2.75) is 64.7 Å². The van der Waals surface area contributed by atoms with Crippen LogP contribution in [0.25, 0.3) is 10.8 Å². The van der Waals surface area contributed by atoms with Crippen LogP contribution in [0, 0.1) is 5.92 Å². The SMILES string of the molecule is CC(C)[C@]1(C(=O)N[C@@H](CC(=O)OC(C)(C)C)C(=O)O)CC(c2nccc3ccccc23)=NO1. The maximum atomic E-state index is 13.3. The summed E-state index contributed by atoms with van der Waals surface area (Å²) in [5.74, 6) is -3.07. The van der Waals surface area contributed by atoms with Crippen LogP contribution in [0.3, 0.4) is 0 Å². The summed E-state index contributed by atoms with van der Waals surface area (Å²) in [6, 6.07) is 8.09. The third-order valence-electron chi connectivity index (χ3n) is 5.41. The van der Waals surface area contributed by atoms with Gasteiger partial charge in [-0.25, -0.2) is 4.79 Å². The van der Waals surface area contributed by atoms with Gasteiger partial charge in [0.25, 0.3) is 5.91 Å². The molecule has 0 fully saturated rings. The van der Waals surface area contributed by atoms with Gasteiger partial charge >= 0.3 is 11.9 Å². The normalized spacial score (nSPS) is 19.0. The van der Waals surface area contributed by atoms with E-state index in [2.05, 4.69) is 15.5 Å². The highest BCUT2D eigenvalue weighted by Crippen LogP contribution is 2.35. The number of hydrogen-bond acceptors (Lipinski definition) is 7. The number of nitrogens with zero attached hydrogens (tertiary/aromatic N) is 2. The summed E-state index contributed by atoms with van der Waals surface area (Å²) in [5.41, 5.74) is -1.11. The molecule has 1 aromatic heterocycles. The summed E-state index contributed by atoms with van der Waals surface area (Å²) in [5, 5.41) is 18.0. The largest absolute Gasteiger partial charge is 0.480 e. The number of esters is 1. The van der Waals surface area contributed by atoms with Gasteiger partial charge < -0.3 is 20.0 Å². The van der Waals surface area contributed by atoms with Crippen molar-refractivity contribution in [1.82, 2.24) is 10.3 Å². The zero-order valence-corrected chi connectivity index (χ0v) is 19.4. The number of oxime groups is 1. The molecule has 0 unspecified atom stereocenters. The Bertz CT molecular complexity index is 1100. The summed E-state index contributed by atoms with van der Waals surface area (Å²) in [7, 11) is 0. The van der Waals surface area contributed by atoms with Crippen LogP contribution in [-0.2, 0) is 24.0 Å². The Hall–Kier alpha value is -3.49. The van der Waals surface area contributed by atoms with Gasteiger partial charge in [0, 0.05) is 23.9 Å². The van der Waals surface area contributed by atoms with Crippen molar-refractivity contribution in [1.29, 1.82) is 0 Å². The molecule has 2 aromatic rings. The molecule has 2 atom stereocenters. The summed E-state index contributed by atoms with van der Waals surface area (Å²) in [6.45, 7) is 8.62. The molecule has 176 valence electrons. The fraction of sp³-hybridized carbons (Fsp3) is 0.458. The van der Waals surface area contributed by atoms with Crippen LogP contribution in [0.4, 0.5) is 0 Å². The molecule has 9 heteroatoms. The van der Waals surface area contributed by atoms with Crippen molar-refractivity contribution < 1.29 is 29.1 Å². The molecule has 0 aliphatic carbocycles. The molecule has 9 nitrogen and oxygen atoms in total. The van der Waals surface area contributed by atoms with Gasteiger partial charge in [-0.15, -0.1) is 0 Å². The molecule has 0 saturated heterocycles. The fourth-order valence-electron chi connectivity index (χ4n) is 3.65. The minimum Gasteiger partial charge on any atom is -0.480 e. The van der Waals surface area contributed by atoms with E-state index in [0.29, 0.717) is 11.4 Å². The summed E-state index contributed by atoms with van der Waals surface area (Å²) in [6.07, 6.45) is 1.26. The standard InChI is InChI=1S/C24H29N3O6/c1-14(2)24(22(31)26-17(21(29)30)12-19(28)32-23(3,4)5)13-18(27-33-24)20-16-9-7-6-8-15(16)10-11-25-20/h6-11,14,17H,12-13H2,1-5H3,(H,26,31)(H,29,30)/t17-,24-/m0/s1. The Morgan fingerprint density at radius 3 is 2.55 bits per heavy atom. The second-order valence-electron chi connectivity index (χ2n) is 9.39. The highest BCUT2D eigenvalue weighted by atomic mass is 16.7. The Labute approximate surface area is 192 Å². The number of aromatic nitrogens is 1. The number of nitrogens with one attached hydrogen (secondary N) is 1. The first-order valence-electron chi connectivity index (χ1n) is 10.8. The predicted molar refractivity (Wildman–Crippen MR) is 122 cm³/mol. The average molecular weight is 456 g/mol. The summed E-state index contributed by atoms with van der Waals surface area (Å²) >= 11 is 0. The highest BCUT2D eigenvalue weighted by molar-refractivity contribution is 6.12. The van der Waals surface area contributed by atoms with E-state index in [4.69, 9.17) is 9.57 Å². The first-order chi connectivity index (χ1) is 15.4. The predicted octanol–water partition coefficient (Wildman–Crippen LogP) is 3.06. The van der Waals surface area contributed by atoms with Gasteiger partial charge in [0.2, 0.25) is 5.60 Å². The lowest BCUT2D eigenvalue weighted by molar-refractivity contribution is -0.161. The molecule has 1 aliphatic heterocycles. The lowest BCUT2D eigenvalue weighted by atomic mass is 9.83. The number of carbonyl (C=O) groups is 3. The number of rotatable bonds is 7. The van der Waals surface area contributed by atoms with Crippen molar-refractivity contribution in [3.63, 3.8) is 0 Å². The molecule has 1 aliphatic rings. The number of carbonyl (C=O) groups excluding carboxylic acids is 2. The Kier molecular flexibility index (Phi) is 6.71. The molecule has 2 heterocycles. The maximum absolute atomic E-state index is 13.3. The lowest BCUT2D eigenvalue weighted by Crippen LogP contribution is -2.55. The smallest absolute Gasteiger partial charge is 0.326 e. The molecular weight excluding hydrogens is 426 g/mol. The molecule has 0 radical (unpaired) electrons. The van der Waals surface area contributed by atoms with E-state index < -0.39 is 41.5 Å². The van der Waals surface area contributed by atoms with Crippen molar-refractivity contribution in [3.8, 4) is 0 Å². The third kappa shape index (κ3) is 5.30. The first kappa shape index (κ1) is 24.2. The topological polar surface area (TPSA) is 127 Å². The number of carboxylic acids is 1. The number of pyridine rings is 1. The van der Waals surface area contributed by atoms with E-state index in [-0.39, 0.29) is 12.3 Å². The van der Waals surface area contributed by atoms with Crippen molar-refractivity contribution in [2.24, 2.45) is 11.1 Å². The number of ether oxygens (including phenoxy) is 1. The van der Waals surface area contributed by atoms with Crippen LogP contribution in [0.5, 0.6) is 0 Å². The molecule has 0 spiro atoms.